The third kappa shape index (κ3) is 10.1. The molecule has 0 aliphatic carbocycles. The quantitative estimate of drug-likeness (QED) is 0.0736. The molecule has 0 saturated heterocycles. The van der Waals surface area contributed by atoms with E-state index in [0.717, 1.165) is 5.56 Å². The summed E-state index contributed by atoms with van der Waals surface area (Å²) in [6, 6.07) is 6.93. The second-order valence-corrected chi connectivity index (χ2v) is 17.6. The topological polar surface area (TPSA) is 144 Å². The van der Waals surface area contributed by atoms with Crippen LogP contribution in [0.25, 0.3) is 45.6 Å². The minimum atomic E-state index is -3.22. The summed E-state index contributed by atoms with van der Waals surface area (Å²) in [6.45, 7) is 0. The van der Waals surface area contributed by atoms with Crippen LogP contribution in [0.5, 0.6) is 0 Å². The summed E-state index contributed by atoms with van der Waals surface area (Å²) in [7, 11) is 3.51. The Morgan fingerprint density at radius 1 is 0.702 bits per heavy atom. The average molecular weight is 816 g/mol. The molecule has 0 N–H and O–H groups in total. The van der Waals surface area contributed by atoms with Gasteiger partial charge in [-0.3, -0.25) is 14.5 Å². The maximum atomic E-state index is 11.4. The van der Waals surface area contributed by atoms with Gasteiger partial charge in [0.15, 0.2) is 35.7 Å². The lowest BCUT2D eigenvalue weighted by Gasteiger charge is -2.00. The molecule has 0 aliphatic heterocycles. The predicted octanol–water partition coefficient (Wildman–Crippen LogP) is 9.19. The van der Waals surface area contributed by atoms with Crippen molar-refractivity contribution in [2.75, 3.05) is 0 Å². The first-order chi connectivity index (χ1) is 22.1. The van der Waals surface area contributed by atoms with Crippen LogP contribution in [0.15, 0.2) is 67.6 Å². The van der Waals surface area contributed by atoms with Gasteiger partial charge in [0.05, 0.1) is 36.8 Å². The van der Waals surface area contributed by atoms with Crippen LogP contribution in [0, 0.1) is 5.21 Å². The highest BCUT2D eigenvalue weighted by atomic mass is 36.0. The Bertz CT molecular complexity index is 2020. The number of hydrogen-bond donors (Lipinski definition) is 0. The van der Waals surface area contributed by atoms with E-state index in [9.17, 15) is 9.77 Å². The fourth-order valence-corrected chi connectivity index (χ4v) is 5.01. The SMILES string of the molecule is Cn1nc(-c2c(Cl)cncc2Cl)nc1-c1ccc(Cl)nc1.Cn1nc(-c2c(Cl)cncc2Cl)nc1-c1ccc[n+]([O-])c1.O=P(Cl)(Cl)Cl. The molecule has 0 radical (unpaired) electrons. The Labute approximate surface area is 306 Å². The third-order valence-corrected chi connectivity index (χ3v) is 7.07. The Morgan fingerprint density at radius 2 is 1.15 bits per heavy atom. The number of aromatic nitrogens is 10. The van der Waals surface area contributed by atoms with E-state index in [1.165, 1.54) is 37.2 Å². The van der Waals surface area contributed by atoms with E-state index in [1.807, 2.05) is 6.07 Å². The molecule has 6 rings (SSSR count). The van der Waals surface area contributed by atoms with Crippen molar-refractivity contribution in [1.29, 1.82) is 0 Å². The molecule has 6 aromatic rings. The van der Waals surface area contributed by atoms with E-state index in [1.54, 1.807) is 47.9 Å². The molecule has 0 unspecified atom stereocenters. The maximum absolute atomic E-state index is 11.4. The molecule has 0 amide bonds. The van der Waals surface area contributed by atoms with Gasteiger partial charge in [0.25, 0.3) is 0 Å². The summed E-state index contributed by atoms with van der Waals surface area (Å²) in [5, 5.41) is 18.7. The first kappa shape index (κ1) is 37.1. The Hall–Kier alpha value is -2.77. The monoisotopic (exact) mass is 812 g/mol. The molecule has 0 saturated carbocycles. The zero-order chi connectivity index (χ0) is 34.5. The minimum Gasteiger partial charge on any atom is -0.619 e. The van der Waals surface area contributed by atoms with Gasteiger partial charge >= 0.3 is 5.20 Å². The molecule has 0 spiro atoms. The van der Waals surface area contributed by atoms with E-state index in [4.69, 9.17) is 58.0 Å². The molecule has 6 heterocycles. The molecule has 12 nitrogen and oxygen atoms in total. The molecule has 47 heavy (non-hydrogen) atoms. The highest BCUT2D eigenvalue weighted by Gasteiger charge is 2.19. The lowest BCUT2D eigenvalue weighted by Crippen LogP contribution is -2.24. The van der Waals surface area contributed by atoms with E-state index in [-0.39, 0.29) is 0 Å². The van der Waals surface area contributed by atoms with Gasteiger partial charge in [-0.05, 0) is 51.9 Å². The Balaban J connectivity index is 0.000000186. The van der Waals surface area contributed by atoms with Crippen LogP contribution in [-0.4, -0.2) is 44.5 Å². The summed E-state index contributed by atoms with van der Waals surface area (Å²) < 4.78 is 13.4. The van der Waals surface area contributed by atoms with Gasteiger partial charge in [-0.15, -0.1) is 0 Å². The number of halogens is 8. The average Bonchev–Trinajstić information content (AvgIpc) is 3.55. The second-order valence-electron chi connectivity index (χ2n) is 8.94. The molecule has 0 aromatic carbocycles. The zero-order valence-electron chi connectivity index (χ0n) is 23.6. The summed E-state index contributed by atoms with van der Waals surface area (Å²) >= 11 is 44.1. The Morgan fingerprint density at radius 3 is 1.55 bits per heavy atom. The third-order valence-electron chi connectivity index (χ3n) is 5.70. The van der Waals surface area contributed by atoms with E-state index in [2.05, 4.69) is 68.8 Å². The minimum absolute atomic E-state index is 0.367. The van der Waals surface area contributed by atoms with E-state index >= 15 is 0 Å². The molecular formula is C26H17Cl8N10O2P. The summed E-state index contributed by atoms with van der Waals surface area (Å²) in [5.41, 5.74) is 2.51. The number of rotatable bonds is 4. The smallest absolute Gasteiger partial charge is 0.339 e. The van der Waals surface area contributed by atoms with Crippen LogP contribution in [-0.2, 0) is 18.7 Å². The van der Waals surface area contributed by atoms with Crippen LogP contribution in [0.3, 0.4) is 0 Å². The van der Waals surface area contributed by atoms with Crippen molar-refractivity contribution in [2.45, 2.75) is 0 Å². The highest BCUT2D eigenvalue weighted by molar-refractivity contribution is 8.24. The standard InChI is InChI=1S/C13H8Cl3N5.C13H9Cl2N5O.Cl3OP/c1-21-13(7-2-3-10(16)18-4-7)19-12(20-21)11-8(14)5-17-6-9(11)15;1-19-13(8-3-2-4-20(21)7-8)17-12(18-19)11-9(14)5-16-6-10(11)15;1-5(2,3)4/h2-6H,1H3;2-7H,1H3;. The van der Waals surface area contributed by atoms with Gasteiger partial charge < -0.3 is 5.21 Å². The number of pyridine rings is 4. The van der Waals surface area contributed by atoms with E-state index in [0.29, 0.717) is 70.0 Å². The number of aryl methyl sites for hydroxylation is 2. The lowest BCUT2D eigenvalue weighted by molar-refractivity contribution is -0.604. The van der Waals surface area contributed by atoms with Crippen molar-refractivity contribution in [3.63, 3.8) is 0 Å². The molecule has 0 fully saturated rings. The lowest BCUT2D eigenvalue weighted by atomic mass is 10.2. The highest BCUT2D eigenvalue weighted by Crippen LogP contribution is 2.61. The summed E-state index contributed by atoms with van der Waals surface area (Å²) in [5.74, 6) is 1.99. The molecule has 0 aliphatic rings. The molecule has 244 valence electrons. The van der Waals surface area contributed by atoms with Crippen molar-refractivity contribution in [3.05, 3.63) is 98.1 Å². The molecule has 21 heteroatoms. The van der Waals surface area contributed by atoms with Gasteiger partial charge in [-0.25, -0.2) is 24.3 Å². The van der Waals surface area contributed by atoms with Gasteiger partial charge in [0.1, 0.15) is 5.15 Å². The van der Waals surface area contributed by atoms with Crippen molar-refractivity contribution in [3.8, 4) is 45.6 Å². The first-order valence-electron chi connectivity index (χ1n) is 12.5. The number of nitrogens with zero attached hydrogens (tertiary/aromatic N) is 10. The van der Waals surface area contributed by atoms with Gasteiger partial charge in [-0.1, -0.05) is 58.0 Å². The largest absolute Gasteiger partial charge is 0.619 e. The van der Waals surface area contributed by atoms with Crippen LogP contribution < -0.4 is 4.73 Å². The van der Waals surface area contributed by atoms with Crippen molar-refractivity contribution >= 4 is 96.9 Å². The van der Waals surface area contributed by atoms with Crippen molar-refractivity contribution < 1.29 is 9.30 Å². The van der Waals surface area contributed by atoms with Crippen LogP contribution in [0.4, 0.5) is 0 Å². The van der Waals surface area contributed by atoms with Crippen LogP contribution >= 0.6 is 96.9 Å². The fraction of sp³-hybridized carbons (Fsp3) is 0.0769. The number of hydrogen-bond acceptors (Lipinski definition) is 9. The van der Waals surface area contributed by atoms with Gasteiger partial charge in [-0.2, -0.15) is 14.9 Å². The normalized spacial score (nSPS) is 10.9. The summed E-state index contributed by atoms with van der Waals surface area (Å²) in [4.78, 5) is 20.7. The molecule has 6 aromatic heterocycles. The molecule has 0 atom stereocenters. The Kier molecular flexibility index (Phi) is 12.7. The van der Waals surface area contributed by atoms with Crippen molar-refractivity contribution in [2.24, 2.45) is 14.1 Å². The van der Waals surface area contributed by atoms with Crippen LogP contribution in [0.2, 0.25) is 25.2 Å². The van der Waals surface area contributed by atoms with E-state index < -0.39 is 5.20 Å². The summed E-state index contributed by atoms with van der Waals surface area (Å²) in [6.07, 6.45) is 10.4. The molecule has 0 bridgehead atoms. The zero-order valence-corrected chi connectivity index (χ0v) is 30.6. The van der Waals surface area contributed by atoms with Crippen LogP contribution in [0.1, 0.15) is 0 Å². The first-order valence-corrected chi connectivity index (χ1v) is 18.8. The maximum Gasteiger partial charge on any atom is 0.339 e. The van der Waals surface area contributed by atoms with Gasteiger partial charge in [0, 0.05) is 56.7 Å². The predicted molar refractivity (Wildman–Crippen MR) is 186 cm³/mol. The van der Waals surface area contributed by atoms with Gasteiger partial charge in [0.2, 0.25) is 0 Å². The van der Waals surface area contributed by atoms with Crippen molar-refractivity contribution in [1.82, 2.24) is 44.5 Å². The second kappa shape index (κ2) is 16.1. The fourth-order valence-electron chi connectivity index (χ4n) is 3.83. The molecular weight excluding hydrogens is 799 g/mol.